The zero-order chi connectivity index (χ0) is 27.9. The molecule has 0 spiro atoms. The van der Waals surface area contributed by atoms with E-state index in [0.29, 0.717) is 12.5 Å². The highest BCUT2D eigenvalue weighted by Crippen LogP contribution is 2.07. The highest BCUT2D eigenvalue weighted by molar-refractivity contribution is 6.01. The van der Waals surface area contributed by atoms with Gasteiger partial charge < -0.3 is 25.3 Å². The number of allylic oxidation sites excluding steroid dienone is 1. The molecule has 3 amide bonds. The van der Waals surface area contributed by atoms with E-state index < -0.39 is 29.4 Å². The molecule has 2 rings (SSSR count). The minimum atomic E-state index is -1.03. The second kappa shape index (κ2) is 15.7. The lowest BCUT2D eigenvalue weighted by Crippen LogP contribution is -2.44. The normalized spacial score (nSPS) is 11.7. The molecule has 0 bridgehead atoms. The summed E-state index contributed by atoms with van der Waals surface area (Å²) in [5.74, 6) is -1.53. The number of nitrogens with one attached hydrogen (secondary N) is 3. The van der Waals surface area contributed by atoms with Gasteiger partial charge in [-0.15, -0.1) is 0 Å². The standard InChI is InChI=1S/C27H35N5O6/c1-4-38-24(34)12-6-5-10-21(30-25(35)20-9-7-14-28-17-20)26(36)31-22-11-8-16-32(27(22)37)18-23(33)29-15-13-19(2)3/h6-9,11-12,14,16-17,19,21H,4-5,10,13,15,18H2,1-3H3,(H,29,33)(H,30,35)(H,31,36)/b12-6+/t21-/m0/s1. The van der Waals surface area contributed by atoms with Crippen molar-refractivity contribution < 1.29 is 23.9 Å². The molecule has 11 nitrogen and oxygen atoms in total. The van der Waals surface area contributed by atoms with Gasteiger partial charge in [-0.3, -0.25) is 24.2 Å². The van der Waals surface area contributed by atoms with E-state index in [1.807, 2.05) is 13.8 Å². The number of hydrogen-bond donors (Lipinski definition) is 3. The largest absolute Gasteiger partial charge is 0.463 e. The maximum Gasteiger partial charge on any atom is 0.330 e. The molecule has 0 saturated heterocycles. The van der Waals surface area contributed by atoms with Gasteiger partial charge >= 0.3 is 5.97 Å². The zero-order valence-corrected chi connectivity index (χ0v) is 21.9. The van der Waals surface area contributed by atoms with Crippen molar-refractivity contribution in [3.63, 3.8) is 0 Å². The Labute approximate surface area is 221 Å². The predicted octanol–water partition coefficient (Wildman–Crippen LogP) is 2.04. The van der Waals surface area contributed by atoms with E-state index in [1.54, 1.807) is 31.2 Å². The molecule has 0 fully saturated rings. The Bertz CT molecular complexity index is 1180. The van der Waals surface area contributed by atoms with Gasteiger partial charge in [0.15, 0.2) is 0 Å². The van der Waals surface area contributed by atoms with Crippen LogP contribution in [-0.4, -0.2) is 52.4 Å². The Kier molecular flexibility index (Phi) is 12.4. The SMILES string of the molecule is CCOC(=O)/C=C/CC[C@H](NC(=O)c1cccnc1)C(=O)Nc1cccn(CC(=O)NCCC(C)C)c1=O. The number of aromatic nitrogens is 2. The Hall–Kier alpha value is -4.28. The minimum absolute atomic E-state index is 0.0322. The average molecular weight is 526 g/mol. The van der Waals surface area contributed by atoms with Crippen molar-refractivity contribution in [1.82, 2.24) is 20.2 Å². The molecule has 11 heteroatoms. The molecule has 2 heterocycles. The molecular weight excluding hydrogens is 490 g/mol. The van der Waals surface area contributed by atoms with E-state index in [1.165, 1.54) is 35.3 Å². The number of hydrogen-bond acceptors (Lipinski definition) is 7. The fraction of sp³-hybridized carbons (Fsp3) is 0.407. The number of ether oxygens (including phenoxy) is 1. The lowest BCUT2D eigenvalue weighted by atomic mass is 10.1. The summed E-state index contributed by atoms with van der Waals surface area (Å²) in [5.41, 5.74) is -0.326. The Morgan fingerprint density at radius 1 is 1.13 bits per heavy atom. The van der Waals surface area contributed by atoms with Crippen molar-refractivity contribution in [1.29, 1.82) is 0 Å². The molecule has 3 N–H and O–H groups in total. The van der Waals surface area contributed by atoms with E-state index in [0.717, 1.165) is 6.42 Å². The molecule has 0 aliphatic heterocycles. The molecule has 0 aromatic carbocycles. The summed E-state index contributed by atoms with van der Waals surface area (Å²) in [5, 5.41) is 7.98. The first kappa shape index (κ1) is 29.9. The minimum Gasteiger partial charge on any atom is -0.463 e. The Morgan fingerprint density at radius 3 is 2.61 bits per heavy atom. The van der Waals surface area contributed by atoms with E-state index in [4.69, 9.17) is 4.74 Å². The third-order valence-corrected chi connectivity index (χ3v) is 5.34. The molecule has 204 valence electrons. The monoisotopic (exact) mass is 525 g/mol. The second-order valence-electron chi connectivity index (χ2n) is 8.88. The number of carbonyl (C=O) groups excluding carboxylic acids is 4. The smallest absolute Gasteiger partial charge is 0.330 e. The van der Waals surface area contributed by atoms with Gasteiger partial charge in [-0.2, -0.15) is 0 Å². The Balaban J connectivity index is 2.12. The van der Waals surface area contributed by atoms with Crippen LogP contribution in [0.15, 0.2) is 59.8 Å². The number of carbonyl (C=O) groups is 4. The topological polar surface area (TPSA) is 148 Å². The van der Waals surface area contributed by atoms with Crippen LogP contribution in [0, 0.1) is 5.92 Å². The van der Waals surface area contributed by atoms with Gasteiger partial charge in [0.25, 0.3) is 11.5 Å². The summed E-state index contributed by atoms with van der Waals surface area (Å²) in [6, 6.07) is 5.09. The number of nitrogens with zero attached hydrogens (tertiary/aromatic N) is 2. The van der Waals surface area contributed by atoms with Gasteiger partial charge in [0.2, 0.25) is 11.8 Å². The van der Waals surface area contributed by atoms with Crippen LogP contribution in [0.25, 0.3) is 0 Å². The number of pyridine rings is 2. The summed E-state index contributed by atoms with van der Waals surface area (Å²) >= 11 is 0. The molecule has 0 saturated carbocycles. The summed E-state index contributed by atoms with van der Waals surface area (Å²) in [4.78, 5) is 66.4. The number of anilines is 1. The predicted molar refractivity (Wildman–Crippen MR) is 142 cm³/mol. The molecule has 2 aromatic heterocycles. The van der Waals surface area contributed by atoms with Crippen molar-refractivity contribution in [2.24, 2.45) is 5.92 Å². The van der Waals surface area contributed by atoms with Crippen molar-refractivity contribution in [3.8, 4) is 0 Å². The van der Waals surface area contributed by atoms with Crippen molar-refractivity contribution in [2.75, 3.05) is 18.5 Å². The van der Waals surface area contributed by atoms with Gasteiger partial charge in [-0.1, -0.05) is 19.9 Å². The molecule has 0 aliphatic rings. The molecular formula is C27H35N5O6. The van der Waals surface area contributed by atoms with Crippen LogP contribution in [0.3, 0.4) is 0 Å². The third kappa shape index (κ3) is 10.4. The van der Waals surface area contributed by atoms with Crippen LogP contribution < -0.4 is 21.5 Å². The molecule has 38 heavy (non-hydrogen) atoms. The third-order valence-electron chi connectivity index (χ3n) is 5.34. The van der Waals surface area contributed by atoms with Crippen molar-refractivity contribution in [2.45, 2.75) is 52.6 Å². The van der Waals surface area contributed by atoms with Crippen molar-refractivity contribution in [3.05, 3.63) is 70.9 Å². The molecule has 2 aromatic rings. The van der Waals surface area contributed by atoms with E-state index >= 15 is 0 Å². The summed E-state index contributed by atoms with van der Waals surface area (Å²) in [6.07, 6.45) is 8.39. The summed E-state index contributed by atoms with van der Waals surface area (Å²) < 4.78 is 6.03. The van der Waals surface area contributed by atoms with Crippen LogP contribution in [0.1, 0.15) is 50.4 Å². The molecule has 0 aliphatic carbocycles. The number of amides is 3. The van der Waals surface area contributed by atoms with E-state index in [9.17, 15) is 24.0 Å². The Morgan fingerprint density at radius 2 is 1.92 bits per heavy atom. The van der Waals surface area contributed by atoms with Crippen LogP contribution in [0.2, 0.25) is 0 Å². The number of esters is 1. The van der Waals surface area contributed by atoms with Crippen LogP contribution in [-0.2, 0) is 25.7 Å². The van der Waals surface area contributed by atoms with E-state index in [-0.39, 0.29) is 43.2 Å². The van der Waals surface area contributed by atoms with Crippen molar-refractivity contribution >= 4 is 29.4 Å². The molecule has 0 unspecified atom stereocenters. The lowest BCUT2D eigenvalue weighted by Gasteiger charge is -2.18. The highest BCUT2D eigenvalue weighted by atomic mass is 16.5. The van der Waals surface area contributed by atoms with Gasteiger partial charge in [-0.25, -0.2) is 4.79 Å². The van der Waals surface area contributed by atoms with Gasteiger partial charge in [0, 0.05) is 31.2 Å². The summed E-state index contributed by atoms with van der Waals surface area (Å²) in [6.45, 7) is 6.34. The second-order valence-corrected chi connectivity index (χ2v) is 8.88. The maximum absolute atomic E-state index is 13.1. The first-order chi connectivity index (χ1) is 18.2. The maximum atomic E-state index is 13.1. The first-order valence-electron chi connectivity index (χ1n) is 12.5. The van der Waals surface area contributed by atoms with Gasteiger partial charge in [-0.05, 0) is 56.4 Å². The lowest BCUT2D eigenvalue weighted by molar-refractivity contribution is -0.137. The van der Waals surface area contributed by atoms with E-state index in [2.05, 4.69) is 20.9 Å². The molecule has 0 radical (unpaired) electrons. The molecule has 1 atom stereocenters. The quantitative estimate of drug-likeness (QED) is 0.252. The number of rotatable bonds is 14. The first-order valence-corrected chi connectivity index (χ1v) is 12.5. The fourth-order valence-corrected chi connectivity index (χ4v) is 3.33. The van der Waals surface area contributed by atoms with Gasteiger partial charge in [0.1, 0.15) is 18.3 Å². The van der Waals surface area contributed by atoms with Crippen LogP contribution >= 0.6 is 0 Å². The van der Waals surface area contributed by atoms with Gasteiger partial charge in [0.05, 0.1) is 12.2 Å². The fourth-order valence-electron chi connectivity index (χ4n) is 3.33. The summed E-state index contributed by atoms with van der Waals surface area (Å²) in [7, 11) is 0. The van der Waals surface area contributed by atoms with Crippen LogP contribution in [0.4, 0.5) is 5.69 Å². The van der Waals surface area contributed by atoms with Crippen LogP contribution in [0.5, 0.6) is 0 Å². The zero-order valence-electron chi connectivity index (χ0n) is 21.9. The highest BCUT2D eigenvalue weighted by Gasteiger charge is 2.22. The average Bonchev–Trinajstić information content (AvgIpc) is 2.88.